The lowest BCUT2D eigenvalue weighted by atomic mass is 10.1. The Labute approximate surface area is 153 Å². The zero-order chi connectivity index (χ0) is 18.4. The van der Waals surface area contributed by atoms with Crippen molar-refractivity contribution in [3.63, 3.8) is 0 Å². The van der Waals surface area contributed by atoms with Gasteiger partial charge in [-0.1, -0.05) is 18.7 Å². The number of nitrogens with zero attached hydrogens (tertiary/aromatic N) is 4. The summed E-state index contributed by atoms with van der Waals surface area (Å²) < 4.78 is 7.33. The fraction of sp³-hybridized carbons (Fsp3) is 0.389. The van der Waals surface area contributed by atoms with E-state index in [1.165, 1.54) is 0 Å². The molecule has 0 aromatic carbocycles. The minimum atomic E-state index is 0.0841. The summed E-state index contributed by atoms with van der Waals surface area (Å²) in [5.41, 5.74) is 3.53. The third-order valence-electron chi connectivity index (χ3n) is 3.93. The first kappa shape index (κ1) is 19.2. The predicted octanol–water partition coefficient (Wildman–Crippen LogP) is 3.41. The Morgan fingerprint density at radius 3 is 2.92 bits per heavy atom. The lowest BCUT2D eigenvalue weighted by Crippen LogP contribution is -2.27. The first-order valence-electron chi connectivity index (χ1n) is 8.11. The third kappa shape index (κ3) is 4.29. The van der Waals surface area contributed by atoms with Crippen LogP contribution in [0.2, 0.25) is 0 Å². The number of fused-ring (bicyclic) bond motifs is 1. The number of hydrogen-bond acceptors (Lipinski definition) is 6. The van der Waals surface area contributed by atoms with E-state index in [1.807, 2.05) is 35.9 Å². The van der Waals surface area contributed by atoms with Crippen molar-refractivity contribution >= 4 is 29.6 Å². The number of allylic oxidation sites excluding steroid dienone is 3. The molecule has 0 spiro atoms. The fourth-order valence-electron chi connectivity index (χ4n) is 2.51. The molecule has 1 atom stereocenters. The first-order valence-corrected chi connectivity index (χ1v) is 9.33. The molecule has 0 unspecified atom stereocenters. The highest BCUT2D eigenvalue weighted by Gasteiger charge is 2.14. The maximum Gasteiger partial charge on any atom is 0.189 e. The second kappa shape index (κ2) is 8.82. The van der Waals surface area contributed by atoms with E-state index >= 15 is 0 Å². The van der Waals surface area contributed by atoms with Gasteiger partial charge in [-0.2, -0.15) is 5.10 Å². The van der Waals surface area contributed by atoms with Gasteiger partial charge in [0.2, 0.25) is 0 Å². The molecule has 0 fully saturated rings. The van der Waals surface area contributed by atoms with E-state index < -0.39 is 0 Å². The highest BCUT2D eigenvalue weighted by atomic mass is 32.2. The largest absolute Gasteiger partial charge is 0.501 e. The summed E-state index contributed by atoms with van der Waals surface area (Å²) >= 11 is 1.55. The first-order chi connectivity index (χ1) is 12.0. The molecular weight excluding hydrogens is 334 g/mol. The molecule has 0 radical (unpaired) electrons. The number of aliphatic imine (C=N–C) groups is 1. The molecule has 0 saturated carbocycles. The second-order valence-electron chi connectivity index (χ2n) is 5.48. The number of methoxy groups -OCH3 is 1. The number of hydrogen-bond donors (Lipinski definition) is 1. The average Bonchev–Trinajstić information content (AvgIpc) is 3.10. The molecule has 0 saturated heterocycles. The van der Waals surface area contributed by atoms with Crippen LogP contribution in [0.25, 0.3) is 11.1 Å². The van der Waals surface area contributed by atoms with E-state index in [1.54, 1.807) is 25.1 Å². The summed E-state index contributed by atoms with van der Waals surface area (Å²) in [4.78, 5) is 8.94. The van der Waals surface area contributed by atoms with Gasteiger partial charge >= 0.3 is 0 Å². The Balaban J connectivity index is 2.61. The summed E-state index contributed by atoms with van der Waals surface area (Å²) in [6.07, 6.45) is 5.74. The monoisotopic (exact) mass is 359 g/mol. The van der Waals surface area contributed by atoms with Crippen LogP contribution in [-0.2, 0) is 4.74 Å². The maximum atomic E-state index is 5.50. The van der Waals surface area contributed by atoms with Gasteiger partial charge in [0.05, 0.1) is 30.2 Å². The van der Waals surface area contributed by atoms with Crippen molar-refractivity contribution in [2.75, 3.05) is 19.9 Å². The van der Waals surface area contributed by atoms with E-state index in [2.05, 4.69) is 36.0 Å². The van der Waals surface area contributed by atoms with Crippen molar-refractivity contribution in [1.29, 1.82) is 0 Å². The molecule has 0 amide bonds. The van der Waals surface area contributed by atoms with Gasteiger partial charge in [0.1, 0.15) is 5.76 Å². The van der Waals surface area contributed by atoms with E-state index in [0.717, 1.165) is 39.9 Å². The Hall–Kier alpha value is -2.12. The Morgan fingerprint density at radius 2 is 2.32 bits per heavy atom. The highest BCUT2D eigenvalue weighted by molar-refractivity contribution is 7.98. The van der Waals surface area contributed by atoms with Crippen LogP contribution in [0.1, 0.15) is 26.5 Å². The Bertz CT molecular complexity index is 809. The standard InChI is InChI=1S/C18H25N5OS/c1-7-20-12(2)16(19-4)11-15(13(3)24-5)17-10-14-8-9-21-23(14)18(22-17)25-6/h8-12,20H,4,7H2,1-3,5-6H3/b15-13-,16-11-/t12-/m1/s1. The second-order valence-corrected chi connectivity index (χ2v) is 6.25. The molecular formula is C18H25N5OS. The molecule has 7 heteroatoms. The number of aromatic nitrogens is 3. The van der Waals surface area contributed by atoms with Gasteiger partial charge in [-0.05, 0) is 51.6 Å². The molecule has 2 rings (SSSR count). The topological polar surface area (TPSA) is 63.8 Å². The van der Waals surface area contributed by atoms with Crippen LogP contribution in [-0.4, -0.2) is 47.3 Å². The van der Waals surface area contributed by atoms with Crippen molar-refractivity contribution in [2.24, 2.45) is 4.99 Å². The molecule has 0 aliphatic carbocycles. The number of nitrogens with one attached hydrogen (secondary N) is 1. The molecule has 2 aromatic heterocycles. The third-order valence-corrected chi connectivity index (χ3v) is 4.56. The highest BCUT2D eigenvalue weighted by Crippen LogP contribution is 2.26. The summed E-state index contributed by atoms with van der Waals surface area (Å²) in [7, 11) is 1.66. The van der Waals surface area contributed by atoms with Gasteiger partial charge in [-0.15, -0.1) is 0 Å². The summed E-state index contributed by atoms with van der Waals surface area (Å²) in [5, 5.41) is 8.49. The number of ether oxygens (including phenoxy) is 1. The van der Waals surface area contributed by atoms with Crippen LogP contribution >= 0.6 is 11.8 Å². The molecule has 0 aliphatic rings. The maximum absolute atomic E-state index is 5.50. The molecule has 0 aliphatic heterocycles. The van der Waals surface area contributed by atoms with Crippen LogP contribution in [0.15, 0.2) is 46.0 Å². The van der Waals surface area contributed by atoms with Crippen LogP contribution in [0.5, 0.6) is 0 Å². The van der Waals surface area contributed by atoms with E-state index in [-0.39, 0.29) is 6.04 Å². The van der Waals surface area contributed by atoms with Crippen molar-refractivity contribution < 1.29 is 4.74 Å². The average molecular weight is 359 g/mol. The number of rotatable bonds is 8. The molecule has 2 aromatic rings. The molecule has 2 heterocycles. The van der Waals surface area contributed by atoms with Crippen molar-refractivity contribution in [1.82, 2.24) is 19.9 Å². The minimum absolute atomic E-state index is 0.0841. The van der Waals surface area contributed by atoms with Crippen molar-refractivity contribution in [2.45, 2.75) is 32.0 Å². The SMILES string of the molecule is C=N/C(=C\C(=C(/C)OC)c1cc2ccnn2c(SC)n1)[C@@H](C)NCC. The lowest BCUT2D eigenvalue weighted by Gasteiger charge is -2.15. The summed E-state index contributed by atoms with van der Waals surface area (Å²) in [6, 6.07) is 4.04. The molecule has 25 heavy (non-hydrogen) atoms. The van der Waals surface area contributed by atoms with Gasteiger partial charge in [0.15, 0.2) is 5.16 Å². The van der Waals surface area contributed by atoms with E-state index in [4.69, 9.17) is 9.72 Å². The van der Waals surface area contributed by atoms with Crippen LogP contribution in [0.3, 0.4) is 0 Å². The molecule has 134 valence electrons. The Kier molecular flexibility index (Phi) is 6.78. The normalized spacial score (nSPS) is 14.4. The van der Waals surface area contributed by atoms with E-state index in [9.17, 15) is 0 Å². The smallest absolute Gasteiger partial charge is 0.189 e. The summed E-state index contributed by atoms with van der Waals surface area (Å²) in [6.45, 7) is 10.6. The molecule has 1 N–H and O–H groups in total. The van der Waals surface area contributed by atoms with Crippen LogP contribution < -0.4 is 5.32 Å². The lowest BCUT2D eigenvalue weighted by molar-refractivity contribution is 0.296. The van der Waals surface area contributed by atoms with Gasteiger partial charge in [-0.3, -0.25) is 4.99 Å². The van der Waals surface area contributed by atoms with Crippen LogP contribution in [0.4, 0.5) is 0 Å². The van der Waals surface area contributed by atoms with Gasteiger partial charge in [0, 0.05) is 11.6 Å². The van der Waals surface area contributed by atoms with Crippen molar-refractivity contribution in [3.05, 3.63) is 41.6 Å². The van der Waals surface area contributed by atoms with Gasteiger partial charge in [0.25, 0.3) is 0 Å². The van der Waals surface area contributed by atoms with Gasteiger partial charge in [-0.25, -0.2) is 9.50 Å². The van der Waals surface area contributed by atoms with E-state index in [0.29, 0.717) is 0 Å². The molecule has 0 bridgehead atoms. The number of likely N-dealkylation sites (N-methyl/N-ethyl adjacent to an activating group) is 1. The predicted molar refractivity (Wildman–Crippen MR) is 105 cm³/mol. The number of thioether (sulfide) groups is 1. The Morgan fingerprint density at radius 1 is 1.56 bits per heavy atom. The van der Waals surface area contributed by atoms with Crippen molar-refractivity contribution in [3.8, 4) is 0 Å². The summed E-state index contributed by atoms with van der Waals surface area (Å²) in [5.74, 6) is 0.772. The molecule has 6 nitrogen and oxygen atoms in total. The minimum Gasteiger partial charge on any atom is -0.501 e. The quantitative estimate of drug-likeness (QED) is 0.257. The zero-order valence-electron chi connectivity index (χ0n) is 15.4. The van der Waals surface area contributed by atoms with Gasteiger partial charge < -0.3 is 10.1 Å². The fourth-order valence-corrected chi connectivity index (χ4v) is 3.02. The van der Waals surface area contributed by atoms with Crippen LogP contribution in [0, 0.1) is 0 Å². The zero-order valence-corrected chi connectivity index (χ0v) is 16.2.